The van der Waals surface area contributed by atoms with Crippen molar-refractivity contribution in [1.82, 2.24) is 4.31 Å². The van der Waals surface area contributed by atoms with Gasteiger partial charge < -0.3 is 10.5 Å². The molecular weight excluding hydrogens is 248 g/mol. The monoisotopic (exact) mass is 268 g/mol. The lowest BCUT2D eigenvalue weighted by molar-refractivity contribution is 0.0907. The number of hydrogen-bond donors (Lipinski definition) is 1. The summed E-state index contributed by atoms with van der Waals surface area (Å²) in [6.45, 7) is 6.11. The van der Waals surface area contributed by atoms with E-state index in [1.165, 1.54) is 4.31 Å². The zero-order valence-electron chi connectivity index (χ0n) is 9.97. The van der Waals surface area contributed by atoms with Gasteiger partial charge in [-0.1, -0.05) is 19.1 Å². The van der Waals surface area contributed by atoms with E-state index in [9.17, 15) is 8.42 Å². The maximum atomic E-state index is 11.8. The molecule has 0 radical (unpaired) electrons. The van der Waals surface area contributed by atoms with Gasteiger partial charge in [0.25, 0.3) is 0 Å². The first-order valence-electron chi connectivity index (χ1n) is 5.17. The first kappa shape index (κ1) is 15.8. The van der Waals surface area contributed by atoms with Crippen molar-refractivity contribution in [3.05, 3.63) is 0 Å². The maximum absolute atomic E-state index is 11.8. The third-order valence-electron chi connectivity index (χ3n) is 1.87. The van der Waals surface area contributed by atoms with Gasteiger partial charge in [0.05, 0.1) is 30.0 Å². The van der Waals surface area contributed by atoms with Crippen molar-refractivity contribution in [3.63, 3.8) is 0 Å². The molecule has 0 fully saturated rings. The van der Waals surface area contributed by atoms with Gasteiger partial charge in [-0.3, -0.25) is 0 Å². The summed E-state index contributed by atoms with van der Waals surface area (Å²) in [5.41, 5.74) is 5.34. The van der Waals surface area contributed by atoms with E-state index in [2.05, 4.69) is 0 Å². The van der Waals surface area contributed by atoms with Crippen LogP contribution in [0.1, 0.15) is 20.8 Å². The Bertz CT molecular complexity index is 315. The minimum Gasteiger partial charge on any atom is -0.392 e. The molecule has 0 bridgehead atoms. The molecule has 0 saturated carbocycles. The minimum atomic E-state index is -3.32. The molecule has 16 heavy (non-hydrogen) atoms. The van der Waals surface area contributed by atoms with Crippen molar-refractivity contribution in [3.8, 4) is 0 Å². The normalized spacial score (nSPS) is 12.3. The van der Waals surface area contributed by atoms with Crippen LogP contribution in [-0.4, -0.2) is 49.3 Å². The predicted octanol–water partition coefficient (Wildman–Crippen LogP) is 0.349. The van der Waals surface area contributed by atoms with Crippen LogP contribution >= 0.6 is 12.2 Å². The molecule has 0 spiro atoms. The van der Waals surface area contributed by atoms with Gasteiger partial charge in [0.1, 0.15) is 0 Å². The summed E-state index contributed by atoms with van der Waals surface area (Å²) < 4.78 is 30.1. The molecular formula is C9H20N2O3S2. The van der Waals surface area contributed by atoms with Gasteiger partial charge in [-0.25, -0.2) is 8.42 Å². The summed E-state index contributed by atoms with van der Waals surface area (Å²) in [6.07, 6.45) is 0.0286. The molecule has 0 aliphatic carbocycles. The van der Waals surface area contributed by atoms with Gasteiger partial charge in [-0.05, 0) is 13.8 Å². The average molecular weight is 268 g/mol. The van der Waals surface area contributed by atoms with Gasteiger partial charge in [-0.15, -0.1) is 0 Å². The van der Waals surface area contributed by atoms with E-state index in [1.807, 2.05) is 13.8 Å². The molecule has 0 saturated heterocycles. The van der Waals surface area contributed by atoms with Crippen LogP contribution in [0.5, 0.6) is 0 Å². The predicted molar refractivity (Wildman–Crippen MR) is 68.9 cm³/mol. The molecule has 0 aliphatic heterocycles. The van der Waals surface area contributed by atoms with Gasteiger partial charge in [0.2, 0.25) is 10.0 Å². The molecule has 7 heteroatoms. The number of likely N-dealkylation sites (N-methyl/N-ethyl adjacent to an activating group) is 1. The lowest BCUT2D eigenvalue weighted by Crippen LogP contribution is -2.39. The van der Waals surface area contributed by atoms with Gasteiger partial charge in [-0.2, -0.15) is 4.31 Å². The maximum Gasteiger partial charge on any atom is 0.216 e. The van der Waals surface area contributed by atoms with Crippen LogP contribution in [0, 0.1) is 0 Å². The highest BCUT2D eigenvalue weighted by Crippen LogP contribution is 2.02. The van der Waals surface area contributed by atoms with Gasteiger partial charge >= 0.3 is 0 Å². The van der Waals surface area contributed by atoms with Crippen molar-refractivity contribution >= 4 is 27.2 Å². The Morgan fingerprint density at radius 2 is 2.06 bits per heavy atom. The fourth-order valence-electron chi connectivity index (χ4n) is 1.10. The van der Waals surface area contributed by atoms with E-state index in [0.29, 0.717) is 6.54 Å². The van der Waals surface area contributed by atoms with Crippen LogP contribution in [0.2, 0.25) is 0 Å². The second-order valence-corrected chi connectivity index (χ2v) is 6.24. The van der Waals surface area contributed by atoms with Crippen LogP contribution in [0.4, 0.5) is 0 Å². The number of ether oxygens (including phenoxy) is 1. The molecule has 0 unspecified atom stereocenters. The molecule has 0 rings (SSSR count). The number of nitrogens with zero attached hydrogens (tertiary/aromatic N) is 1. The van der Waals surface area contributed by atoms with E-state index in [-0.39, 0.29) is 30.0 Å². The highest BCUT2D eigenvalue weighted by molar-refractivity contribution is 7.89. The van der Waals surface area contributed by atoms with Crippen molar-refractivity contribution in [2.24, 2.45) is 5.73 Å². The molecule has 0 atom stereocenters. The van der Waals surface area contributed by atoms with Gasteiger partial charge in [0.15, 0.2) is 0 Å². The van der Waals surface area contributed by atoms with Gasteiger partial charge in [0, 0.05) is 6.54 Å². The molecule has 0 amide bonds. The minimum absolute atomic E-state index is 0.0286. The first-order valence-corrected chi connectivity index (χ1v) is 7.19. The molecule has 96 valence electrons. The van der Waals surface area contributed by atoms with E-state index in [4.69, 9.17) is 22.7 Å². The average Bonchev–Trinajstić information content (AvgIpc) is 2.12. The summed E-state index contributed by atoms with van der Waals surface area (Å²) >= 11 is 4.70. The Labute approximate surface area is 103 Å². The summed E-state index contributed by atoms with van der Waals surface area (Å²) in [6, 6.07) is 0. The molecule has 0 aromatic heterocycles. The number of hydrogen-bond acceptors (Lipinski definition) is 4. The summed E-state index contributed by atoms with van der Waals surface area (Å²) in [5, 5.41) is 0. The first-order chi connectivity index (χ1) is 7.29. The Balaban J connectivity index is 4.32. The second-order valence-electron chi connectivity index (χ2n) is 3.63. The number of thiocarbonyl (C=S) groups is 1. The van der Waals surface area contributed by atoms with Crippen molar-refractivity contribution in [1.29, 1.82) is 0 Å². The molecule has 0 aromatic carbocycles. The standard InChI is InChI=1S/C9H20N2O3S2/c1-4-11(7-9(10)15)16(12,13)6-5-14-8(2)3/h8H,4-7H2,1-3H3,(H2,10,15). The summed E-state index contributed by atoms with van der Waals surface area (Å²) in [7, 11) is -3.32. The highest BCUT2D eigenvalue weighted by Gasteiger charge is 2.20. The zero-order valence-corrected chi connectivity index (χ0v) is 11.6. The number of nitrogens with two attached hydrogens (primary N) is 1. The Morgan fingerprint density at radius 1 is 1.50 bits per heavy atom. The molecule has 0 heterocycles. The summed E-state index contributed by atoms with van der Waals surface area (Å²) in [4.78, 5) is 0.176. The highest BCUT2D eigenvalue weighted by atomic mass is 32.2. The molecule has 0 aromatic rings. The third kappa shape index (κ3) is 6.37. The number of sulfonamides is 1. The fraction of sp³-hybridized carbons (Fsp3) is 0.889. The van der Waals surface area contributed by atoms with Crippen LogP contribution in [0.15, 0.2) is 0 Å². The largest absolute Gasteiger partial charge is 0.392 e. The van der Waals surface area contributed by atoms with Crippen LogP contribution < -0.4 is 5.73 Å². The molecule has 2 N–H and O–H groups in total. The quantitative estimate of drug-likeness (QED) is 0.643. The summed E-state index contributed by atoms with van der Waals surface area (Å²) in [5.74, 6) is -0.0400. The smallest absolute Gasteiger partial charge is 0.216 e. The SMILES string of the molecule is CCN(CC(N)=S)S(=O)(=O)CCOC(C)C. The Morgan fingerprint density at radius 3 is 2.44 bits per heavy atom. The Kier molecular flexibility index (Phi) is 7.05. The lowest BCUT2D eigenvalue weighted by atomic mass is 10.5. The van der Waals surface area contributed by atoms with Crippen LogP contribution in [0.3, 0.4) is 0 Å². The van der Waals surface area contributed by atoms with E-state index < -0.39 is 10.0 Å². The van der Waals surface area contributed by atoms with Crippen molar-refractivity contribution in [2.75, 3.05) is 25.4 Å². The van der Waals surface area contributed by atoms with Crippen molar-refractivity contribution < 1.29 is 13.2 Å². The molecule has 5 nitrogen and oxygen atoms in total. The topological polar surface area (TPSA) is 72.6 Å². The fourth-order valence-corrected chi connectivity index (χ4v) is 2.63. The van der Waals surface area contributed by atoms with Crippen LogP contribution in [-0.2, 0) is 14.8 Å². The molecule has 0 aliphatic rings. The van der Waals surface area contributed by atoms with Crippen LogP contribution in [0.25, 0.3) is 0 Å². The lowest BCUT2D eigenvalue weighted by Gasteiger charge is -2.20. The Hall–Kier alpha value is -0.240. The number of rotatable bonds is 8. The van der Waals surface area contributed by atoms with E-state index >= 15 is 0 Å². The van der Waals surface area contributed by atoms with E-state index in [1.54, 1.807) is 6.92 Å². The second kappa shape index (κ2) is 7.16. The third-order valence-corrected chi connectivity index (χ3v) is 3.86. The van der Waals surface area contributed by atoms with Crippen molar-refractivity contribution in [2.45, 2.75) is 26.9 Å². The van der Waals surface area contributed by atoms with E-state index in [0.717, 1.165) is 0 Å². The zero-order chi connectivity index (χ0) is 12.8.